The van der Waals surface area contributed by atoms with Gasteiger partial charge in [0, 0.05) is 25.7 Å². The second-order valence-electron chi connectivity index (χ2n) is 7.00. The van der Waals surface area contributed by atoms with Gasteiger partial charge in [-0.3, -0.25) is 9.69 Å². The zero-order valence-corrected chi connectivity index (χ0v) is 15.7. The maximum Gasteiger partial charge on any atom is 0.239 e. The van der Waals surface area contributed by atoms with Gasteiger partial charge < -0.3 is 10.2 Å². The third-order valence-electron chi connectivity index (χ3n) is 5.41. The molecule has 1 aromatic rings. The van der Waals surface area contributed by atoms with Crippen molar-refractivity contribution in [2.24, 2.45) is 0 Å². The molecule has 0 saturated carbocycles. The van der Waals surface area contributed by atoms with Crippen molar-refractivity contribution in [3.8, 4) is 0 Å². The van der Waals surface area contributed by atoms with Gasteiger partial charge in [-0.15, -0.1) is 12.4 Å². The molecule has 2 saturated heterocycles. The third-order valence-corrected chi connectivity index (χ3v) is 5.41. The predicted molar refractivity (Wildman–Crippen MR) is 100 cm³/mol. The van der Waals surface area contributed by atoms with Crippen LogP contribution in [0.3, 0.4) is 0 Å². The minimum atomic E-state index is -0.211. The summed E-state index contributed by atoms with van der Waals surface area (Å²) in [5.41, 5.74) is 1.07. The van der Waals surface area contributed by atoms with E-state index in [9.17, 15) is 9.18 Å². The lowest BCUT2D eigenvalue weighted by Crippen LogP contribution is -2.53. The predicted octanol–water partition coefficient (Wildman–Crippen LogP) is 2.81. The van der Waals surface area contributed by atoms with Crippen molar-refractivity contribution in [2.75, 3.05) is 26.7 Å². The van der Waals surface area contributed by atoms with E-state index in [0.29, 0.717) is 6.04 Å². The molecular formula is C19H29ClFN3O. The van der Waals surface area contributed by atoms with Crippen molar-refractivity contribution < 1.29 is 9.18 Å². The first-order valence-corrected chi connectivity index (χ1v) is 9.12. The zero-order valence-electron chi connectivity index (χ0n) is 14.9. The fourth-order valence-corrected chi connectivity index (χ4v) is 3.88. The minimum absolute atomic E-state index is 0. The number of nitrogens with one attached hydrogen (secondary N) is 1. The Morgan fingerprint density at radius 1 is 1.12 bits per heavy atom. The summed E-state index contributed by atoms with van der Waals surface area (Å²) in [4.78, 5) is 17.3. The Bertz CT molecular complexity index is 546. The topological polar surface area (TPSA) is 35.6 Å². The lowest BCUT2D eigenvalue weighted by atomic mass is 9.98. The Labute approximate surface area is 156 Å². The third kappa shape index (κ3) is 5.16. The molecule has 1 N–H and O–H groups in total. The number of benzene rings is 1. The summed E-state index contributed by atoms with van der Waals surface area (Å²) in [7, 11) is 1.99. The summed E-state index contributed by atoms with van der Waals surface area (Å²) < 4.78 is 13.1. The molecule has 2 aliphatic heterocycles. The summed E-state index contributed by atoms with van der Waals surface area (Å²) >= 11 is 0. The van der Waals surface area contributed by atoms with Gasteiger partial charge >= 0.3 is 0 Å². The van der Waals surface area contributed by atoms with Gasteiger partial charge in [-0.05, 0) is 57.0 Å². The molecule has 6 heteroatoms. The van der Waals surface area contributed by atoms with Crippen LogP contribution in [0.4, 0.5) is 4.39 Å². The summed E-state index contributed by atoms with van der Waals surface area (Å²) in [5, 5.41) is 3.31. The fraction of sp³-hybridized carbons (Fsp3) is 0.632. The van der Waals surface area contributed by atoms with Crippen LogP contribution in [0.25, 0.3) is 0 Å². The quantitative estimate of drug-likeness (QED) is 0.886. The van der Waals surface area contributed by atoms with E-state index in [1.165, 1.54) is 12.1 Å². The SMILES string of the molecule is CNC1CCN(C(=O)C2CCCCN2Cc2ccc(F)cc2)CC1.Cl. The molecule has 1 atom stereocenters. The number of rotatable bonds is 4. The lowest BCUT2D eigenvalue weighted by molar-refractivity contribution is -0.139. The van der Waals surface area contributed by atoms with E-state index in [1.807, 2.05) is 24.1 Å². The van der Waals surface area contributed by atoms with E-state index >= 15 is 0 Å². The van der Waals surface area contributed by atoms with Crippen LogP contribution in [0.2, 0.25) is 0 Å². The second kappa shape index (κ2) is 9.51. The van der Waals surface area contributed by atoms with Crippen LogP contribution in [-0.2, 0) is 11.3 Å². The molecule has 0 radical (unpaired) electrons. The molecule has 1 unspecified atom stereocenters. The summed E-state index contributed by atoms with van der Waals surface area (Å²) in [5.74, 6) is 0.0730. The summed E-state index contributed by atoms with van der Waals surface area (Å²) in [6.07, 6.45) is 5.25. The second-order valence-corrected chi connectivity index (χ2v) is 7.00. The van der Waals surface area contributed by atoms with Gasteiger partial charge in [-0.2, -0.15) is 0 Å². The van der Waals surface area contributed by atoms with Gasteiger partial charge in [0.2, 0.25) is 5.91 Å². The zero-order chi connectivity index (χ0) is 16.9. The van der Waals surface area contributed by atoms with Crippen LogP contribution in [0.5, 0.6) is 0 Å². The van der Waals surface area contributed by atoms with Crippen LogP contribution >= 0.6 is 12.4 Å². The highest BCUT2D eigenvalue weighted by atomic mass is 35.5. The molecule has 0 aliphatic carbocycles. The van der Waals surface area contributed by atoms with Crippen molar-refractivity contribution in [1.82, 2.24) is 15.1 Å². The number of piperidine rings is 2. The van der Waals surface area contributed by atoms with Gasteiger partial charge in [0.15, 0.2) is 0 Å². The average molecular weight is 370 g/mol. The summed E-state index contributed by atoms with van der Waals surface area (Å²) in [6.45, 7) is 3.38. The number of carbonyl (C=O) groups excluding carboxylic acids is 1. The number of carbonyl (C=O) groups is 1. The Hall–Kier alpha value is -1.17. The Morgan fingerprint density at radius 2 is 1.80 bits per heavy atom. The molecule has 3 rings (SSSR count). The Balaban J connectivity index is 0.00000225. The molecular weight excluding hydrogens is 341 g/mol. The smallest absolute Gasteiger partial charge is 0.239 e. The lowest BCUT2D eigenvalue weighted by Gasteiger charge is -2.40. The van der Waals surface area contributed by atoms with Crippen molar-refractivity contribution in [1.29, 1.82) is 0 Å². The van der Waals surface area contributed by atoms with Crippen LogP contribution in [0.1, 0.15) is 37.7 Å². The highest BCUT2D eigenvalue weighted by Gasteiger charge is 2.33. The molecule has 2 aliphatic rings. The molecule has 25 heavy (non-hydrogen) atoms. The van der Waals surface area contributed by atoms with E-state index in [0.717, 1.165) is 63.8 Å². The molecule has 0 spiro atoms. The number of hydrogen-bond donors (Lipinski definition) is 1. The molecule has 4 nitrogen and oxygen atoms in total. The van der Waals surface area contributed by atoms with Crippen molar-refractivity contribution in [3.63, 3.8) is 0 Å². The van der Waals surface area contributed by atoms with E-state index in [4.69, 9.17) is 0 Å². The molecule has 2 fully saturated rings. The average Bonchev–Trinajstić information content (AvgIpc) is 2.63. The van der Waals surface area contributed by atoms with Crippen LogP contribution in [0, 0.1) is 5.82 Å². The maximum atomic E-state index is 13.1. The standard InChI is InChI=1S/C19H28FN3O.ClH/c1-21-17-9-12-22(13-10-17)19(24)18-4-2-3-11-23(18)14-15-5-7-16(20)8-6-15;/h5-8,17-18,21H,2-4,9-14H2,1H3;1H. The van der Waals surface area contributed by atoms with Gasteiger partial charge in [0.1, 0.15) is 5.82 Å². The maximum absolute atomic E-state index is 13.1. The van der Waals surface area contributed by atoms with Gasteiger partial charge in [-0.1, -0.05) is 18.6 Å². The van der Waals surface area contributed by atoms with Gasteiger partial charge in [0.05, 0.1) is 6.04 Å². The molecule has 0 aromatic heterocycles. The molecule has 1 amide bonds. The number of nitrogens with zero attached hydrogens (tertiary/aromatic N) is 2. The first kappa shape index (κ1) is 20.1. The normalized spacial score (nSPS) is 22.5. The van der Waals surface area contributed by atoms with Crippen molar-refractivity contribution >= 4 is 18.3 Å². The largest absolute Gasteiger partial charge is 0.341 e. The van der Waals surface area contributed by atoms with Gasteiger partial charge in [0.25, 0.3) is 0 Å². The van der Waals surface area contributed by atoms with Crippen LogP contribution in [-0.4, -0.2) is 54.5 Å². The molecule has 140 valence electrons. The van der Waals surface area contributed by atoms with Crippen LogP contribution in [0.15, 0.2) is 24.3 Å². The fourth-order valence-electron chi connectivity index (χ4n) is 3.88. The highest BCUT2D eigenvalue weighted by Crippen LogP contribution is 2.23. The first-order chi connectivity index (χ1) is 11.7. The minimum Gasteiger partial charge on any atom is -0.341 e. The number of likely N-dealkylation sites (tertiary alicyclic amines) is 2. The van der Waals surface area contributed by atoms with E-state index < -0.39 is 0 Å². The van der Waals surface area contributed by atoms with E-state index in [2.05, 4.69) is 10.2 Å². The highest BCUT2D eigenvalue weighted by molar-refractivity contribution is 5.85. The van der Waals surface area contributed by atoms with Gasteiger partial charge in [-0.25, -0.2) is 4.39 Å². The Kier molecular flexibility index (Phi) is 7.66. The van der Waals surface area contributed by atoms with E-state index in [1.54, 1.807) is 0 Å². The number of hydrogen-bond acceptors (Lipinski definition) is 3. The van der Waals surface area contributed by atoms with E-state index in [-0.39, 0.29) is 30.2 Å². The first-order valence-electron chi connectivity index (χ1n) is 9.12. The van der Waals surface area contributed by atoms with Crippen molar-refractivity contribution in [3.05, 3.63) is 35.6 Å². The number of halogens is 2. The van der Waals surface area contributed by atoms with Crippen molar-refractivity contribution in [2.45, 2.75) is 50.7 Å². The molecule has 1 aromatic carbocycles. The molecule has 2 heterocycles. The number of amides is 1. The Morgan fingerprint density at radius 3 is 2.44 bits per heavy atom. The monoisotopic (exact) mass is 369 g/mol. The van der Waals surface area contributed by atoms with Crippen LogP contribution < -0.4 is 5.32 Å². The summed E-state index contributed by atoms with van der Waals surface area (Å²) in [6, 6.07) is 7.16. The molecule has 0 bridgehead atoms.